The van der Waals surface area contributed by atoms with Gasteiger partial charge < -0.3 is 20.0 Å². The van der Waals surface area contributed by atoms with E-state index < -0.39 is 0 Å². The van der Waals surface area contributed by atoms with Crippen molar-refractivity contribution in [3.63, 3.8) is 0 Å². The number of nitroso groups, excluding NO2 is 1. The first-order valence-electron chi connectivity index (χ1n) is 10.7. The summed E-state index contributed by atoms with van der Waals surface area (Å²) in [6.07, 6.45) is 4.84. The lowest BCUT2D eigenvalue weighted by Gasteiger charge is -2.17. The molecule has 0 radical (unpaired) electrons. The van der Waals surface area contributed by atoms with E-state index in [1.165, 1.54) is 0 Å². The van der Waals surface area contributed by atoms with E-state index in [0.29, 0.717) is 17.8 Å². The predicted molar refractivity (Wildman–Crippen MR) is 121 cm³/mol. The largest absolute Gasteiger partial charge is 0.447 e. The van der Waals surface area contributed by atoms with Gasteiger partial charge in [-0.05, 0) is 55.3 Å². The fourth-order valence-electron chi connectivity index (χ4n) is 4.11. The Morgan fingerprint density at radius 2 is 2.13 bits per heavy atom. The van der Waals surface area contributed by atoms with E-state index >= 15 is 0 Å². The summed E-state index contributed by atoms with van der Waals surface area (Å²) in [6, 6.07) is 7.42. The summed E-state index contributed by atoms with van der Waals surface area (Å²) in [5.41, 5.74) is 4.08. The number of likely N-dealkylation sites (N-methyl/N-ethyl adjacent to an activating group) is 1. The first-order valence-corrected chi connectivity index (χ1v) is 10.7. The summed E-state index contributed by atoms with van der Waals surface area (Å²) in [5, 5.41) is 10.3. The molecule has 0 saturated carbocycles. The Bertz CT molecular complexity index is 1090. The molecule has 8 nitrogen and oxygen atoms in total. The van der Waals surface area contributed by atoms with Crippen LogP contribution < -0.4 is 10.6 Å². The number of nitrogens with one attached hydrogen (secondary N) is 2. The Labute approximate surface area is 181 Å². The van der Waals surface area contributed by atoms with Crippen molar-refractivity contribution in [2.45, 2.75) is 32.7 Å². The molecule has 3 aromatic rings. The molecule has 0 saturated heterocycles. The summed E-state index contributed by atoms with van der Waals surface area (Å²) in [4.78, 5) is 30.3. The molecule has 1 aliphatic carbocycles. The smallest absolute Gasteiger partial charge is 0.289 e. The van der Waals surface area contributed by atoms with Crippen molar-refractivity contribution in [2.24, 2.45) is 5.18 Å². The number of carbonyl (C=O) groups is 1. The SMILES string of the molecule is CCN(CC)CCNC(=O)c1oc2cnccc2c1Nc1ccc2c(c1)CCC2N=O. The standard InChI is InChI=1S/C23H27N5O3/c1-3-28(4-2)12-11-25-23(29)22-21(18-9-10-24-14-20(18)31-22)26-16-6-7-17-15(13-16)5-8-19(17)27-30/h6-7,9-10,13-14,19,26H,3-5,8,11-12H2,1-2H3,(H,25,29). The number of rotatable bonds is 9. The average molecular weight is 422 g/mol. The normalized spacial score (nSPS) is 15.3. The van der Waals surface area contributed by atoms with Crippen LogP contribution in [0.25, 0.3) is 11.0 Å². The quantitative estimate of drug-likeness (QED) is 0.497. The first-order chi connectivity index (χ1) is 15.1. The van der Waals surface area contributed by atoms with Crippen molar-refractivity contribution in [3.05, 3.63) is 58.5 Å². The fraction of sp³-hybridized carbons (Fsp3) is 0.391. The first kappa shape index (κ1) is 21.0. The van der Waals surface area contributed by atoms with Crippen LogP contribution in [0.2, 0.25) is 0 Å². The molecule has 162 valence electrons. The Balaban J connectivity index is 1.59. The molecule has 2 heterocycles. The lowest BCUT2D eigenvalue weighted by atomic mass is 10.1. The molecule has 1 unspecified atom stereocenters. The van der Waals surface area contributed by atoms with E-state index in [-0.39, 0.29) is 17.7 Å². The second-order valence-electron chi connectivity index (χ2n) is 7.66. The summed E-state index contributed by atoms with van der Waals surface area (Å²) in [6.45, 7) is 7.39. The van der Waals surface area contributed by atoms with Gasteiger partial charge in [0, 0.05) is 30.4 Å². The second-order valence-corrected chi connectivity index (χ2v) is 7.66. The van der Waals surface area contributed by atoms with Gasteiger partial charge in [-0.3, -0.25) is 9.78 Å². The molecule has 0 fully saturated rings. The van der Waals surface area contributed by atoms with Crippen LogP contribution in [-0.2, 0) is 6.42 Å². The number of furan rings is 1. The number of carbonyl (C=O) groups excluding carboxylic acids is 1. The maximum atomic E-state index is 12.9. The number of nitrogens with zero attached hydrogens (tertiary/aromatic N) is 3. The number of fused-ring (bicyclic) bond motifs is 2. The molecule has 8 heteroatoms. The molecule has 1 amide bonds. The molecular formula is C23H27N5O3. The number of aryl methyl sites for hydroxylation is 1. The summed E-state index contributed by atoms with van der Waals surface area (Å²) in [5.74, 6) is -0.0345. The van der Waals surface area contributed by atoms with Crippen LogP contribution in [-0.4, -0.2) is 42.0 Å². The maximum Gasteiger partial charge on any atom is 0.289 e. The molecule has 1 atom stereocenters. The number of anilines is 2. The van der Waals surface area contributed by atoms with Gasteiger partial charge in [0.15, 0.2) is 5.58 Å². The molecule has 1 aliphatic rings. The monoisotopic (exact) mass is 421 g/mol. The molecule has 0 spiro atoms. The number of hydrogen-bond acceptors (Lipinski definition) is 7. The van der Waals surface area contributed by atoms with E-state index in [1.807, 2.05) is 24.3 Å². The van der Waals surface area contributed by atoms with Crippen molar-refractivity contribution < 1.29 is 9.21 Å². The minimum Gasteiger partial charge on any atom is -0.447 e. The molecular weight excluding hydrogens is 394 g/mol. The maximum absolute atomic E-state index is 12.9. The predicted octanol–water partition coefficient (Wildman–Crippen LogP) is 4.40. The van der Waals surface area contributed by atoms with Gasteiger partial charge >= 0.3 is 0 Å². The average Bonchev–Trinajstić information content (AvgIpc) is 3.38. The lowest BCUT2D eigenvalue weighted by Crippen LogP contribution is -2.34. The van der Waals surface area contributed by atoms with E-state index in [1.54, 1.807) is 12.4 Å². The Hall–Kier alpha value is -3.26. The van der Waals surface area contributed by atoms with Gasteiger partial charge in [-0.25, -0.2) is 0 Å². The Kier molecular flexibility index (Phi) is 6.27. The molecule has 4 rings (SSSR count). The Morgan fingerprint density at radius 1 is 1.29 bits per heavy atom. The lowest BCUT2D eigenvalue weighted by molar-refractivity contribution is 0.0924. The third-order valence-corrected chi connectivity index (χ3v) is 5.89. The topological polar surface area (TPSA) is 99.8 Å². The highest BCUT2D eigenvalue weighted by Gasteiger charge is 2.25. The highest BCUT2D eigenvalue weighted by Crippen LogP contribution is 2.37. The van der Waals surface area contributed by atoms with Crippen molar-refractivity contribution >= 4 is 28.3 Å². The zero-order chi connectivity index (χ0) is 21.8. The minimum atomic E-state index is -0.267. The van der Waals surface area contributed by atoms with Gasteiger partial charge in [0.25, 0.3) is 5.91 Å². The van der Waals surface area contributed by atoms with Gasteiger partial charge in [0.1, 0.15) is 6.04 Å². The number of amides is 1. The molecule has 0 aliphatic heterocycles. The van der Waals surface area contributed by atoms with Gasteiger partial charge in [-0.2, -0.15) is 4.91 Å². The van der Waals surface area contributed by atoms with Gasteiger partial charge in [0.2, 0.25) is 5.76 Å². The number of benzene rings is 1. The molecule has 1 aromatic carbocycles. The van der Waals surface area contributed by atoms with Crippen molar-refractivity contribution in [3.8, 4) is 0 Å². The van der Waals surface area contributed by atoms with Crippen LogP contribution >= 0.6 is 0 Å². The number of pyridine rings is 1. The molecule has 31 heavy (non-hydrogen) atoms. The van der Waals surface area contributed by atoms with E-state index in [0.717, 1.165) is 54.7 Å². The number of aromatic nitrogens is 1. The summed E-state index contributed by atoms with van der Waals surface area (Å²) >= 11 is 0. The highest BCUT2D eigenvalue weighted by atomic mass is 16.3. The number of hydrogen-bond donors (Lipinski definition) is 2. The van der Waals surface area contributed by atoms with Crippen LogP contribution in [0.15, 0.2) is 46.3 Å². The second kappa shape index (κ2) is 9.26. The van der Waals surface area contributed by atoms with Gasteiger partial charge in [-0.15, -0.1) is 0 Å². The van der Waals surface area contributed by atoms with Crippen molar-refractivity contribution in [2.75, 3.05) is 31.5 Å². The highest BCUT2D eigenvalue weighted by molar-refractivity contribution is 6.07. The van der Waals surface area contributed by atoms with Crippen molar-refractivity contribution in [1.82, 2.24) is 15.2 Å². The summed E-state index contributed by atoms with van der Waals surface area (Å²) in [7, 11) is 0. The molecule has 0 bridgehead atoms. The van der Waals surface area contributed by atoms with Gasteiger partial charge in [0.05, 0.1) is 11.9 Å². The molecule has 2 aromatic heterocycles. The zero-order valence-electron chi connectivity index (χ0n) is 17.9. The van der Waals surface area contributed by atoms with E-state index in [2.05, 4.69) is 39.5 Å². The van der Waals surface area contributed by atoms with Crippen LogP contribution in [0.1, 0.15) is 48.0 Å². The Morgan fingerprint density at radius 3 is 2.90 bits per heavy atom. The van der Waals surface area contributed by atoms with E-state index in [9.17, 15) is 9.70 Å². The molecule has 2 N–H and O–H groups in total. The van der Waals surface area contributed by atoms with Crippen LogP contribution in [0.4, 0.5) is 11.4 Å². The van der Waals surface area contributed by atoms with Gasteiger partial charge in [-0.1, -0.05) is 25.1 Å². The fourth-order valence-corrected chi connectivity index (χ4v) is 4.11. The van der Waals surface area contributed by atoms with E-state index in [4.69, 9.17) is 4.42 Å². The summed E-state index contributed by atoms with van der Waals surface area (Å²) < 4.78 is 5.86. The zero-order valence-corrected chi connectivity index (χ0v) is 17.9. The third kappa shape index (κ3) is 4.29. The van der Waals surface area contributed by atoms with Crippen LogP contribution in [0.5, 0.6) is 0 Å². The van der Waals surface area contributed by atoms with Crippen LogP contribution in [0.3, 0.4) is 0 Å². The minimum absolute atomic E-state index is 0.232. The third-order valence-electron chi connectivity index (χ3n) is 5.89. The van der Waals surface area contributed by atoms with Crippen LogP contribution in [0, 0.1) is 4.91 Å². The van der Waals surface area contributed by atoms with Crippen molar-refractivity contribution in [1.29, 1.82) is 0 Å².